The van der Waals surface area contributed by atoms with Crippen molar-refractivity contribution < 1.29 is 80.8 Å². The lowest BCUT2D eigenvalue weighted by molar-refractivity contribution is -0.138. The number of aromatic nitrogens is 4. The van der Waals surface area contributed by atoms with Gasteiger partial charge in [-0.3, -0.25) is 14.6 Å². The number of carboxylic acid groups (broad SMARTS) is 3. The Morgan fingerprint density at radius 2 is 1.23 bits per heavy atom. The zero-order chi connectivity index (χ0) is 52.9. The molecule has 0 unspecified atom stereocenters. The van der Waals surface area contributed by atoms with Gasteiger partial charge in [0.25, 0.3) is 0 Å². The van der Waals surface area contributed by atoms with Crippen molar-refractivity contribution in [1.29, 1.82) is 0 Å². The van der Waals surface area contributed by atoms with E-state index in [1.807, 2.05) is 45.9 Å². The Balaban J connectivity index is 0.000000408. The van der Waals surface area contributed by atoms with Crippen molar-refractivity contribution in [3.63, 3.8) is 0 Å². The summed E-state index contributed by atoms with van der Waals surface area (Å²) in [5.41, 5.74) is 9.23. The topological polar surface area (TPSA) is 396 Å². The maximum Gasteiger partial charge on any atom is 0.338 e. The van der Waals surface area contributed by atoms with Gasteiger partial charge in [-0.1, -0.05) is 26.5 Å². The van der Waals surface area contributed by atoms with Crippen LogP contribution >= 0.6 is 0 Å². The highest BCUT2D eigenvalue weighted by Gasteiger charge is 2.36. The fraction of sp³-hybridized carbons (Fsp3) is 0.521. The molecule has 2 aliphatic rings. The lowest BCUT2D eigenvalue weighted by atomic mass is 9.84. The SMILES string of the molecule is C=Cc1c(C)c2cc3nc(c(CC(=O)O)c4nc(cc5[nH]c(cc1[nH]2)c(C)c5CC)C(C)=C4C(=O)O)[C@@H](CCC(=O)O)[C@@H]3C.CNC[C@H](O)[C@@H](O)[C@H](O)[C@H](O)CO.CNC[C@H](O)[C@@H](O)[C@H](O)[C@H](O)CO. The monoisotopic (exact) mass is 986 g/mol. The Bertz CT molecular complexity index is 2480. The molecule has 388 valence electrons. The van der Waals surface area contributed by atoms with Gasteiger partial charge in [0.1, 0.15) is 36.6 Å². The van der Waals surface area contributed by atoms with Crippen molar-refractivity contribution in [2.24, 2.45) is 0 Å². The van der Waals surface area contributed by atoms with Crippen molar-refractivity contribution in [2.75, 3.05) is 40.4 Å². The molecule has 5 rings (SSSR count). The van der Waals surface area contributed by atoms with E-state index in [1.54, 1.807) is 27.1 Å². The average Bonchev–Trinajstić information content (AvgIpc) is 4.01. The van der Waals surface area contributed by atoms with Crippen LogP contribution in [0.25, 0.3) is 39.3 Å². The van der Waals surface area contributed by atoms with Crippen LogP contribution in [0.2, 0.25) is 0 Å². The Hall–Kier alpha value is -5.47. The second-order valence-corrected chi connectivity index (χ2v) is 17.2. The highest BCUT2D eigenvalue weighted by molar-refractivity contribution is 6.24. The molecule has 8 bridgehead atoms. The zero-order valence-corrected chi connectivity index (χ0v) is 40.4. The van der Waals surface area contributed by atoms with E-state index >= 15 is 0 Å². The number of aromatic amines is 2. The number of carboxylic acids is 3. The van der Waals surface area contributed by atoms with Crippen molar-refractivity contribution in [1.82, 2.24) is 30.6 Å². The first-order valence-electron chi connectivity index (χ1n) is 22.7. The lowest BCUT2D eigenvalue weighted by Crippen LogP contribution is -2.48. The summed E-state index contributed by atoms with van der Waals surface area (Å²) < 4.78 is 0. The lowest BCUT2D eigenvalue weighted by Gasteiger charge is -2.25. The van der Waals surface area contributed by atoms with E-state index < -0.39 is 92.3 Å². The fourth-order valence-corrected chi connectivity index (χ4v) is 8.31. The third-order valence-corrected chi connectivity index (χ3v) is 12.4. The highest BCUT2D eigenvalue weighted by atomic mass is 16.4. The molecule has 0 spiro atoms. The van der Waals surface area contributed by atoms with Gasteiger partial charge in [0, 0.05) is 70.2 Å². The summed E-state index contributed by atoms with van der Waals surface area (Å²) in [7, 11) is 3.15. The van der Waals surface area contributed by atoms with Crippen molar-refractivity contribution >= 4 is 57.2 Å². The van der Waals surface area contributed by atoms with E-state index in [9.17, 15) is 39.9 Å². The summed E-state index contributed by atoms with van der Waals surface area (Å²) in [5, 5.41) is 125. The molecule has 17 N–H and O–H groups in total. The van der Waals surface area contributed by atoms with Crippen LogP contribution in [0.5, 0.6) is 0 Å². The van der Waals surface area contributed by atoms with Gasteiger partial charge in [-0.25, -0.2) is 9.78 Å². The summed E-state index contributed by atoms with van der Waals surface area (Å²) in [6.45, 7) is 12.5. The molecular weight excluding hydrogens is 917 g/mol. The Labute approximate surface area is 404 Å². The van der Waals surface area contributed by atoms with Gasteiger partial charge in [0.2, 0.25) is 0 Å². The van der Waals surface area contributed by atoms with Gasteiger partial charge in [0.15, 0.2) is 0 Å². The number of aryl methyl sites for hydroxylation is 3. The van der Waals surface area contributed by atoms with Crippen molar-refractivity contribution in [2.45, 2.75) is 121 Å². The first-order valence-corrected chi connectivity index (χ1v) is 22.7. The molecule has 3 aromatic rings. The standard InChI is InChI=1S/C34H36N4O6.2C7H17NO5/c1-7-19-15(3)23-12-25-17(5)21(9-10-29(39)40)32(37-25)22(11-30(41)42)33-31(34(43)44)18(6)26(38-33)14-28-20(8-2)16(4)24(36-28)13-27(19)35-23;2*1-8-2-4(10)6(12)7(13)5(11)3-9/h7,12-14,17,21,35-36H,1,8-11H2,2-6H3,(H,39,40)(H,41,42)(H,43,44);2*4-13H,2-3H2,1H3/t17-,21-;2*4-,5+,6+,7+/m000/s1. The van der Waals surface area contributed by atoms with Crippen LogP contribution in [-0.2, 0) is 27.2 Å². The smallest absolute Gasteiger partial charge is 0.338 e. The molecule has 22 nitrogen and oxygen atoms in total. The molecule has 0 aromatic carbocycles. The summed E-state index contributed by atoms with van der Waals surface area (Å²) >= 11 is 0. The molecule has 0 saturated heterocycles. The first-order chi connectivity index (χ1) is 32.9. The number of nitrogens with zero attached hydrogens (tertiary/aromatic N) is 2. The van der Waals surface area contributed by atoms with Crippen LogP contribution in [0, 0.1) is 13.8 Å². The third-order valence-electron chi connectivity index (χ3n) is 12.4. The minimum atomic E-state index is -1.55. The predicted octanol–water partition coefficient (Wildman–Crippen LogP) is -0.185. The molecule has 22 heteroatoms. The second kappa shape index (κ2) is 26.7. The first kappa shape index (κ1) is 58.8. The van der Waals surface area contributed by atoms with E-state index in [4.69, 9.17) is 50.8 Å². The number of aliphatic carboxylic acids is 3. The largest absolute Gasteiger partial charge is 0.481 e. The molecule has 2 aliphatic heterocycles. The van der Waals surface area contributed by atoms with E-state index in [-0.39, 0.29) is 48.7 Å². The molecule has 0 amide bonds. The van der Waals surface area contributed by atoms with Gasteiger partial charge in [-0.15, -0.1) is 0 Å². The molecule has 0 saturated carbocycles. The number of hydrogen-bond acceptors (Lipinski definition) is 17. The van der Waals surface area contributed by atoms with Gasteiger partial charge < -0.3 is 87.0 Å². The number of rotatable bonds is 20. The van der Waals surface area contributed by atoms with Gasteiger partial charge in [0.05, 0.1) is 54.5 Å². The minimum Gasteiger partial charge on any atom is -0.481 e. The van der Waals surface area contributed by atoms with E-state index in [0.717, 1.165) is 44.3 Å². The predicted molar refractivity (Wildman–Crippen MR) is 260 cm³/mol. The number of nitrogens with one attached hydrogen (secondary N) is 4. The van der Waals surface area contributed by atoms with Crippen LogP contribution in [0.15, 0.2) is 24.8 Å². The van der Waals surface area contributed by atoms with Crippen LogP contribution in [0.4, 0.5) is 0 Å². The van der Waals surface area contributed by atoms with Crippen LogP contribution < -0.4 is 10.6 Å². The highest BCUT2D eigenvalue weighted by Crippen LogP contribution is 2.44. The van der Waals surface area contributed by atoms with Gasteiger partial charge in [-0.05, 0) is 88.2 Å². The summed E-state index contributed by atoms with van der Waals surface area (Å²) in [6.07, 6.45) is -9.27. The average molecular weight is 987 g/mol. The van der Waals surface area contributed by atoms with Crippen molar-refractivity contribution in [3.8, 4) is 0 Å². The Morgan fingerprint density at radius 1 is 0.714 bits per heavy atom. The summed E-state index contributed by atoms with van der Waals surface area (Å²) in [4.78, 5) is 53.2. The van der Waals surface area contributed by atoms with E-state index in [1.165, 1.54) is 0 Å². The molecule has 0 fully saturated rings. The summed E-state index contributed by atoms with van der Waals surface area (Å²) in [6, 6.07) is 5.75. The number of carbonyl (C=O) groups is 3. The molecular formula is C48H70N6O16. The van der Waals surface area contributed by atoms with Crippen molar-refractivity contribution in [3.05, 3.63) is 75.4 Å². The molecule has 0 aliphatic carbocycles. The molecule has 10 atom stereocenters. The van der Waals surface area contributed by atoms with Gasteiger partial charge in [-0.2, -0.15) is 0 Å². The Morgan fingerprint density at radius 3 is 1.69 bits per heavy atom. The normalized spacial score (nSPS) is 18.0. The number of fused-ring (bicyclic) bond motifs is 8. The van der Waals surface area contributed by atoms with Crippen LogP contribution in [0.3, 0.4) is 0 Å². The second-order valence-electron chi connectivity index (χ2n) is 17.2. The number of likely N-dealkylation sites (N-methyl/N-ethyl adjacent to an activating group) is 2. The zero-order valence-electron chi connectivity index (χ0n) is 40.4. The number of aliphatic hydroxyl groups excluding tert-OH is 10. The van der Waals surface area contributed by atoms with Gasteiger partial charge >= 0.3 is 17.9 Å². The molecule has 70 heavy (non-hydrogen) atoms. The number of aliphatic hydroxyl groups is 10. The maximum atomic E-state index is 12.7. The van der Waals surface area contributed by atoms with Crippen LogP contribution in [0.1, 0.15) is 96.0 Å². The quantitative estimate of drug-likeness (QED) is 0.0698. The molecule has 0 radical (unpaired) electrons. The van der Waals surface area contributed by atoms with Crippen LogP contribution in [-0.4, -0.2) is 193 Å². The fourth-order valence-electron chi connectivity index (χ4n) is 8.31. The van der Waals surface area contributed by atoms with E-state index in [2.05, 4.69) is 27.2 Å². The number of allylic oxidation sites excluding steroid dienone is 1. The minimum absolute atomic E-state index is 0.0451. The molecule has 5 heterocycles. The third kappa shape index (κ3) is 14.1. The van der Waals surface area contributed by atoms with E-state index in [0.29, 0.717) is 29.1 Å². The number of hydrogen-bond donors (Lipinski definition) is 17. The summed E-state index contributed by atoms with van der Waals surface area (Å²) in [5.74, 6) is -4.13. The maximum absolute atomic E-state index is 12.7. The Kier molecular flexibility index (Phi) is 22.4. The number of H-pyrrole nitrogens is 2. The molecule has 3 aromatic heterocycles.